The van der Waals surface area contributed by atoms with Gasteiger partial charge >= 0.3 is 6.03 Å². The normalized spacial score (nSPS) is 26.2. The van der Waals surface area contributed by atoms with Crippen molar-refractivity contribution in [3.8, 4) is 0 Å². The third kappa shape index (κ3) is 4.51. The minimum atomic E-state index is -0.0463. The van der Waals surface area contributed by atoms with Gasteiger partial charge in [-0.25, -0.2) is 4.79 Å². The summed E-state index contributed by atoms with van der Waals surface area (Å²) in [6.45, 7) is 5.95. The third-order valence-electron chi connectivity index (χ3n) is 4.07. The Balaban J connectivity index is 1.60. The summed E-state index contributed by atoms with van der Waals surface area (Å²) in [6, 6.07) is 0.275. The van der Waals surface area contributed by atoms with E-state index in [2.05, 4.69) is 34.8 Å². The maximum absolute atomic E-state index is 11.8. The minimum absolute atomic E-state index is 0.0463. The van der Waals surface area contributed by atoms with Gasteiger partial charge in [0.2, 0.25) is 0 Å². The molecule has 0 aromatic carbocycles. The summed E-state index contributed by atoms with van der Waals surface area (Å²) < 4.78 is 1.77. The molecule has 0 bridgehead atoms. The zero-order chi connectivity index (χ0) is 14.4. The zero-order valence-corrected chi connectivity index (χ0v) is 12.4. The van der Waals surface area contributed by atoms with Crippen molar-refractivity contribution in [2.45, 2.75) is 52.1 Å². The summed E-state index contributed by atoms with van der Waals surface area (Å²) in [6.07, 6.45) is 7.85. The number of aromatic nitrogens is 3. The van der Waals surface area contributed by atoms with Gasteiger partial charge in [0.15, 0.2) is 0 Å². The molecule has 1 heterocycles. The molecule has 6 heteroatoms. The van der Waals surface area contributed by atoms with E-state index in [0.717, 1.165) is 25.3 Å². The molecular weight excluding hydrogens is 254 g/mol. The zero-order valence-electron chi connectivity index (χ0n) is 12.4. The first kappa shape index (κ1) is 14.8. The highest BCUT2D eigenvalue weighted by atomic mass is 16.2. The summed E-state index contributed by atoms with van der Waals surface area (Å²) in [5, 5.41) is 13.6. The summed E-state index contributed by atoms with van der Waals surface area (Å²) in [5.41, 5.74) is 0. The van der Waals surface area contributed by atoms with Crippen LogP contribution in [0.2, 0.25) is 0 Å². The highest BCUT2D eigenvalue weighted by Gasteiger charge is 2.26. The van der Waals surface area contributed by atoms with E-state index in [-0.39, 0.29) is 6.03 Å². The molecule has 0 radical (unpaired) electrons. The number of rotatable bonds is 5. The largest absolute Gasteiger partial charge is 0.338 e. The fourth-order valence-electron chi connectivity index (χ4n) is 2.89. The van der Waals surface area contributed by atoms with Gasteiger partial charge in [-0.3, -0.25) is 4.68 Å². The highest BCUT2D eigenvalue weighted by molar-refractivity contribution is 5.74. The molecule has 1 fully saturated rings. The van der Waals surface area contributed by atoms with Crippen molar-refractivity contribution in [1.29, 1.82) is 0 Å². The second-order valence-electron chi connectivity index (χ2n) is 5.92. The van der Waals surface area contributed by atoms with Crippen LogP contribution in [0, 0.1) is 11.8 Å². The lowest BCUT2D eigenvalue weighted by Gasteiger charge is -2.33. The van der Waals surface area contributed by atoms with Crippen molar-refractivity contribution >= 4 is 6.03 Å². The highest BCUT2D eigenvalue weighted by Crippen LogP contribution is 2.28. The van der Waals surface area contributed by atoms with Gasteiger partial charge in [-0.05, 0) is 37.5 Å². The van der Waals surface area contributed by atoms with Crippen LogP contribution < -0.4 is 10.6 Å². The molecule has 0 saturated heterocycles. The summed E-state index contributed by atoms with van der Waals surface area (Å²) in [7, 11) is 0. The number of hydrogen-bond acceptors (Lipinski definition) is 3. The predicted octanol–water partition coefficient (Wildman–Crippen LogP) is 1.79. The number of hydrogen-bond donors (Lipinski definition) is 2. The third-order valence-corrected chi connectivity index (χ3v) is 4.07. The van der Waals surface area contributed by atoms with Gasteiger partial charge in [0, 0.05) is 25.3 Å². The molecule has 1 saturated carbocycles. The van der Waals surface area contributed by atoms with Crippen molar-refractivity contribution in [2.24, 2.45) is 11.8 Å². The van der Waals surface area contributed by atoms with Crippen LogP contribution in [0.25, 0.3) is 0 Å². The van der Waals surface area contributed by atoms with Crippen LogP contribution in [0.4, 0.5) is 4.79 Å². The van der Waals surface area contributed by atoms with Gasteiger partial charge in [0.25, 0.3) is 0 Å². The molecule has 1 aromatic rings. The van der Waals surface area contributed by atoms with Crippen molar-refractivity contribution in [2.75, 3.05) is 6.54 Å². The molecule has 2 rings (SSSR count). The Morgan fingerprint density at radius 2 is 2.25 bits per heavy atom. The summed E-state index contributed by atoms with van der Waals surface area (Å²) >= 11 is 0. The molecule has 2 N–H and O–H groups in total. The van der Waals surface area contributed by atoms with E-state index in [1.54, 1.807) is 10.9 Å². The van der Waals surface area contributed by atoms with Gasteiger partial charge in [-0.1, -0.05) is 19.1 Å². The quantitative estimate of drug-likeness (QED) is 0.807. The number of amides is 2. The lowest BCUT2D eigenvalue weighted by Crippen LogP contribution is -2.47. The van der Waals surface area contributed by atoms with E-state index < -0.39 is 0 Å². The molecule has 0 aliphatic heterocycles. The van der Waals surface area contributed by atoms with E-state index in [4.69, 9.17) is 0 Å². The Labute approximate surface area is 120 Å². The van der Waals surface area contributed by atoms with Crippen LogP contribution in [0.5, 0.6) is 0 Å². The Morgan fingerprint density at radius 1 is 1.40 bits per heavy atom. The fourth-order valence-corrected chi connectivity index (χ4v) is 2.89. The molecule has 1 aliphatic carbocycles. The van der Waals surface area contributed by atoms with Crippen LogP contribution in [0.1, 0.15) is 39.5 Å². The van der Waals surface area contributed by atoms with Crippen molar-refractivity contribution < 1.29 is 4.79 Å². The van der Waals surface area contributed by atoms with Gasteiger partial charge in [0.1, 0.15) is 0 Å². The maximum atomic E-state index is 11.8. The monoisotopic (exact) mass is 279 g/mol. The number of aryl methyl sites for hydroxylation is 1. The first-order chi connectivity index (χ1) is 9.65. The van der Waals surface area contributed by atoms with E-state index >= 15 is 0 Å². The first-order valence-electron chi connectivity index (χ1n) is 7.53. The van der Waals surface area contributed by atoms with Gasteiger partial charge in [-0.15, -0.1) is 5.10 Å². The first-order valence-corrected chi connectivity index (χ1v) is 7.53. The van der Waals surface area contributed by atoms with Crippen molar-refractivity contribution in [3.05, 3.63) is 12.4 Å². The average molecular weight is 279 g/mol. The van der Waals surface area contributed by atoms with Gasteiger partial charge in [-0.2, -0.15) is 0 Å². The number of urea groups is 1. The maximum Gasteiger partial charge on any atom is 0.315 e. The van der Waals surface area contributed by atoms with Crippen molar-refractivity contribution in [3.63, 3.8) is 0 Å². The van der Waals surface area contributed by atoms with Gasteiger partial charge in [0.05, 0.1) is 6.20 Å². The van der Waals surface area contributed by atoms with E-state index in [9.17, 15) is 4.79 Å². The van der Waals surface area contributed by atoms with Gasteiger partial charge < -0.3 is 10.6 Å². The lowest BCUT2D eigenvalue weighted by atomic mass is 9.80. The molecule has 112 valence electrons. The molecule has 0 spiro atoms. The summed E-state index contributed by atoms with van der Waals surface area (Å²) in [5.74, 6) is 1.36. The fraction of sp³-hybridized carbons (Fsp3) is 0.786. The molecule has 3 atom stereocenters. The van der Waals surface area contributed by atoms with Crippen LogP contribution >= 0.6 is 0 Å². The van der Waals surface area contributed by atoms with Crippen LogP contribution in [-0.2, 0) is 6.54 Å². The number of carbonyl (C=O) groups is 1. The molecular formula is C14H25N5O. The van der Waals surface area contributed by atoms with E-state index in [1.165, 1.54) is 12.8 Å². The number of nitrogens with one attached hydrogen (secondary N) is 2. The summed E-state index contributed by atoms with van der Waals surface area (Å²) in [4.78, 5) is 11.8. The Hall–Kier alpha value is -1.59. The Morgan fingerprint density at radius 3 is 2.95 bits per heavy atom. The topological polar surface area (TPSA) is 71.8 Å². The smallest absolute Gasteiger partial charge is 0.315 e. The minimum Gasteiger partial charge on any atom is -0.338 e. The Kier molecular flexibility index (Phi) is 5.38. The molecule has 0 unspecified atom stereocenters. The Bertz CT molecular complexity index is 406. The second-order valence-corrected chi connectivity index (χ2v) is 5.92. The molecule has 1 aromatic heterocycles. The standard InChI is InChI=1S/C14H25N5O/c1-11-4-5-13(12(2)10-11)17-14(20)15-6-3-8-19-9-7-16-18-19/h7,9,11-13H,3-6,8,10H2,1-2H3,(H2,15,17,20)/t11-,12+,13-/m1/s1. The number of carbonyl (C=O) groups excluding carboxylic acids is 1. The SMILES string of the molecule is C[C@@H]1CC[C@@H](NC(=O)NCCCn2ccnn2)[C@@H](C)C1. The molecule has 2 amide bonds. The average Bonchev–Trinajstić information content (AvgIpc) is 2.91. The predicted molar refractivity (Wildman–Crippen MR) is 77.1 cm³/mol. The lowest BCUT2D eigenvalue weighted by molar-refractivity contribution is 0.206. The molecule has 1 aliphatic rings. The number of nitrogens with zero attached hydrogens (tertiary/aromatic N) is 3. The van der Waals surface area contributed by atoms with Crippen LogP contribution in [0.15, 0.2) is 12.4 Å². The van der Waals surface area contributed by atoms with E-state index in [1.807, 2.05) is 6.20 Å². The second kappa shape index (κ2) is 7.26. The van der Waals surface area contributed by atoms with E-state index in [0.29, 0.717) is 18.5 Å². The molecule has 6 nitrogen and oxygen atoms in total. The molecule has 20 heavy (non-hydrogen) atoms. The van der Waals surface area contributed by atoms with Crippen LogP contribution in [0.3, 0.4) is 0 Å². The van der Waals surface area contributed by atoms with Crippen LogP contribution in [-0.4, -0.2) is 33.6 Å². The van der Waals surface area contributed by atoms with Crippen molar-refractivity contribution in [1.82, 2.24) is 25.6 Å².